The first-order valence-electron chi connectivity index (χ1n) is 5.84. The van der Waals surface area contributed by atoms with Gasteiger partial charge in [0.15, 0.2) is 0 Å². The van der Waals surface area contributed by atoms with Gasteiger partial charge in [-0.3, -0.25) is 0 Å². The van der Waals surface area contributed by atoms with Gasteiger partial charge in [0.1, 0.15) is 12.6 Å². The van der Waals surface area contributed by atoms with E-state index in [1.54, 1.807) is 0 Å². The van der Waals surface area contributed by atoms with Gasteiger partial charge in [0.25, 0.3) is 0 Å². The van der Waals surface area contributed by atoms with Crippen molar-refractivity contribution in [3.63, 3.8) is 0 Å². The Morgan fingerprint density at radius 3 is 2.44 bits per heavy atom. The number of rotatable bonds is 2. The highest BCUT2D eigenvalue weighted by Crippen LogP contribution is 2.25. The number of hydrogen-bond donors (Lipinski definition) is 0. The predicted octanol–water partition coefficient (Wildman–Crippen LogP) is 3.97. The highest BCUT2D eigenvalue weighted by Gasteiger charge is 2.21. The molecule has 0 spiro atoms. The van der Waals surface area contributed by atoms with Gasteiger partial charge in [-0.25, -0.2) is 4.99 Å². The van der Waals surface area contributed by atoms with Crippen molar-refractivity contribution < 1.29 is 4.74 Å². The van der Waals surface area contributed by atoms with E-state index in [-0.39, 0.29) is 6.04 Å². The Kier molecular flexibility index (Phi) is 3.15. The first-order chi connectivity index (χ1) is 8.83. The van der Waals surface area contributed by atoms with Crippen molar-refractivity contribution in [1.82, 2.24) is 0 Å². The Hall–Kier alpha value is -1.61. The lowest BCUT2D eigenvalue weighted by molar-refractivity contribution is 0.320. The fraction of sp³-hybridized carbons (Fsp3) is 0.133. The minimum absolute atomic E-state index is 0.116. The van der Waals surface area contributed by atoms with E-state index < -0.39 is 0 Å². The van der Waals surface area contributed by atoms with Crippen LogP contribution in [0, 0.1) is 0 Å². The molecule has 0 radical (unpaired) electrons. The Morgan fingerprint density at radius 1 is 1.00 bits per heavy atom. The average molecular weight is 302 g/mol. The van der Waals surface area contributed by atoms with E-state index in [4.69, 9.17) is 4.74 Å². The molecule has 0 saturated carbocycles. The van der Waals surface area contributed by atoms with Crippen LogP contribution in [0.3, 0.4) is 0 Å². The summed E-state index contributed by atoms with van der Waals surface area (Å²) in [5.74, 6) is 0.733. The van der Waals surface area contributed by atoms with Gasteiger partial charge >= 0.3 is 0 Å². The molecule has 3 heteroatoms. The zero-order valence-electron chi connectivity index (χ0n) is 9.71. The predicted molar refractivity (Wildman–Crippen MR) is 75.8 cm³/mol. The summed E-state index contributed by atoms with van der Waals surface area (Å²) in [4.78, 5) is 4.64. The molecule has 1 aliphatic rings. The second-order valence-corrected chi connectivity index (χ2v) is 5.09. The minimum Gasteiger partial charge on any atom is -0.475 e. The number of aliphatic imine (C=N–C) groups is 1. The summed E-state index contributed by atoms with van der Waals surface area (Å²) in [5, 5.41) is 0. The quantitative estimate of drug-likeness (QED) is 0.822. The van der Waals surface area contributed by atoms with Gasteiger partial charge in [-0.15, -0.1) is 0 Å². The molecule has 0 aromatic heterocycles. The molecule has 18 heavy (non-hydrogen) atoms. The van der Waals surface area contributed by atoms with Crippen LogP contribution in [0.15, 0.2) is 64.1 Å². The Bertz CT molecular complexity index is 563. The van der Waals surface area contributed by atoms with E-state index in [9.17, 15) is 0 Å². The van der Waals surface area contributed by atoms with E-state index >= 15 is 0 Å². The van der Waals surface area contributed by atoms with Crippen molar-refractivity contribution in [3.05, 3.63) is 70.2 Å². The summed E-state index contributed by atoms with van der Waals surface area (Å²) in [6.45, 7) is 0.620. The molecular weight excluding hydrogens is 290 g/mol. The van der Waals surface area contributed by atoms with Crippen molar-refractivity contribution in [2.24, 2.45) is 4.99 Å². The third kappa shape index (κ3) is 2.31. The Labute approximate surface area is 114 Å². The van der Waals surface area contributed by atoms with Gasteiger partial charge in [-0.2, -0.15) is 0 Å². The van der Waals surface area contributed by atoms with E-state index in [1.807, 2.05) is 42.5 Å². The molecular formula is C15H12BrNO. The first kappa shape index (κ1) is 11.5. The smallest absolute Gasteiger partial charge is 0.216 e. The summed E-state index contributed by atoms with van der Waals surface area (Å²) in [6.07, 6.45) is 0. The third-order valence-corrected chi connectivity index (χ3v) is 3.46. The van der Waals surface area contributed by atoms with Gasteiger partial charge in [0.2, 0.25) is 5.90 Å². The van der Waals surface area contributed by atoms with Crippen molar-refractivity contribution in [3.8, 4) is 0 Å². The molecule has 2 aromatic carbocycles. The monoisotopic (exact) mass is 301 g/mol. The maximum Gasteiger partial charge on any atom is 0.216 e. The molecule has 1 aliphatic heterocycles. The summed E-state index contributed by atoms with van der Waals surface area (Å²) in [5.41, 5.74) is 2.22. The standard InChI is InChI=1S/C15H12BrNO/c16-13-8-6-12(7-9-13)15-17-14(10-18-15)11-4-2-1-3-5-11/h1-9,14H,10H2/t14-/m0/s1. The van der Waals surface area contributed by atoms with Crippen LogP contribution in [-0.4, -0.2) is 12.5 Å². The lowest BCUT2D eigenvalue weighted by atomic mass is 10.1. The van der Waals surface area contributed by atoms with E-state index in [2.05, 4.69) is 33.1 Å². The molecule has 1 atom stereocenters. The summed E-state index contributed by atoms with van der Waals surface area (Å²) in [6, 6.07) is 18.4. The van der Waals surface area contributed by atoms with Gasteiger partial charge in [-0.1, -0.05) is 46.3 Å². The summed E-state index contributed by atoms with van der Waals surface area (Å²) in [7, 11) is 0. The number of nitrogens with zero attached hydrogens (tertiary/aromatic N) is 1. The molecule has 2 aromatic rings. The van der Waals surface area contributed by atoms with Crippen LogP contribution < -0.4 is 0 Å². The van der Waals surface area contributed by atoms with Crippen LogP contribution in [-0.2, 0) is 4.74 Å². The molecule has 0 fully saturated rings. The maximum absolute atomic E-state index is 5.68. The molecule has 0 N–H and O–H groups in total. The summed E-state index contributed by atoms with van der Waals surface area (Å²) < 4.78 is 6.74. The van der Waals surface area contributed by atoms with Crippen LogP contribution in [0.2, 0.25) is 0 Å². The number of hydrogen-bond acceptors (Lipinski definition) is 2. The van der Waals surface area contributed by atoms with Crippen molar-refractivity contribution in [2.75, 3.05) is 6.61 Å². The van der Waals surface area contributed by atoms with Gasteiger partial charge in [-0.05, 0) is 29.8 Å². The van der Waals surface area contributed by atoms with Crippen LogP contribution in [0.25, 0.3) is 0 Å². The van der Waals surface area contributed by atoms with Crippen molar-refractivity contribution in [1.29, 1.82) is 0 Å². The largest absolute Gasteiger partial charge is 0.475 e. The molecule has 0 saturated heterocycles. The summed E-state index contributed by atoms with van der Waals surface area (Å²) >= 11 is 3.42. The van der Waals surface area contributed by atoms with E-state index in [0.29, 0.717) is 6.61 Å². The third-order valence-electron chi connectivity index (χ3n) is 2.93. The Morgan fingerprint density at radius 2 is 1.72 bits per heavy atom. The average Bonchev–Trinajstić information content (AvgIpc) is 2.90. The highest BCUT2D eigenvalue weighted by atomic mass is 79.9. The van der Waals surface area contributed by atoms with Crippen LogP contribution in [0.1, 0.15) is 17.2 Å². The normalized spacial score (nSPS) is 18.3. The zero-order chi connectivity index (χ0) is 12.4. The maximum atomic E-state index is 5.68. The molecule has 2 nitrogen and oxygen atoms in total. The van der Waals surface area contributed by atoms with Crippen molar-refractivity contribution in [2.45, 2.75) is 6.04 Å². The van der Waals surface area contributed by atoms with Gasteiger partial charge < -0.3 is 4.74 Å². The lowest BCUT2D eigenvalue weighted by Crippen LogP contribution is -2.00. The van der Waals surface area contributed by atoms with E-state index in [0.717, 1.165) is 15.9 Å². The zero-order valence-corrected chi connectivity index (χ0v) is 11.3. The number of halogens is 1. The van der Waals surface area contributed by atoms with Gasteiger partial charge in [0.05, 0.1) is 0 Å². The molecule has 90 valence electrons. The number of benzene rings is 2. The minimum atomic E-state index is 0.116. The number of ether oxygens (including phenoxy) is 1. The van der Waals surface area contributed by atoms with Crippen LogP contribution >= 0.6 is 15.9 Å². The molecule has 1 heterocycles. The first-order valence-corrected chi connectivity index (χ1v) is 6.64. The second kappa shape index (κ2) is 4.94. The topological polar surface area (TPSA) is 21.6 Å². The highest BCUT2D eigenvalue weighted by molar-refractivity contribution is 9.10. The Balaban J connectivity index is 1.86. The molecule has 0 bridgehead atoms. The molecule has 3 rings (SSSR count). The van der Waals surface area contributed by atoms with Crippen LogP contribution in [0.5, 0.6) is 0 Å². The molecule has 0 amide bonds. The molecule has 0 unspecified atom stereocenters. The lowest BCUT2D eigenvalue weighted by Gasteiger charge is -2.03. The van der Waals surface area contributed by atoms with Gasteiger partial charge in [0, 0.05) is 10.0 Å². The molecule has 0 aliphatic carbocycles. The van der Waals surface area contributed by atoms with Crippen molar-refractivity contribution >= 4 is 21.8 Å². The van der Waals surface area contributed by atoms with E-state index in [1.165, 1.54) is 5.56 Å². The fourth-order valence-corrected chi connectivity index (χ4v) is 2.23. The SMILES string of the molecule is Brc1ccc(C2=N[C@H](c3ccccc3)CO2)cc1. The van der Waals surface area contributed by atoms with Crippen LogP contribution in [0.4, 0.5) is 0 Å². The second-order valence-electron chi connectivity index (χ2n) is 4.18. The fourth-order valence-electron chi connectivity index (χ4n) is 1.97.